The topological polar surface area (TPSA) is 12.4 Å². The molecule has 1 aliphatic carbocycles. The maximum Gasteiger partial charge on any atom is 0.0385 e. The van der Waals surface area contributed by atoms with Gasteiger partial charge in [0.2, 0.25) is 0 Å². The molecule has 0 radical (unpaired) electrons. The normalized spacial score (nSPS) is 28.3. The van der Waals surface area contributed by atoms with Crippen molar-refractivity contribution >= 4 is 6.21 Å². The van der Waals surface area contributed by atoms with Gasteiger partial charge in [-0.15, -0.1) is 0 Å². The van der Waals surface area contributed by atoms with Gasteiger partial charge in [0, 0.05) is 18.2 Å². The number of rotatable bonds is 0. The van der Waals surface area contributed by atoms with Gasteiger partial charge in [0.25, 0.3) is 0 Å². The Morgan fingerprint density at radius 3 is 2.08 bits per heavy atom. The van der Waals surface area contributed by atoms with Crippen LogP contribution in [0.5, 0.6) is 0 Å². The lowest BCUT2D eigenvalue weighted by atomic mass is 9.71. The van der Waals surface area contributed by atoms with E-state index in [1.807, 2.05) is 0 Å². The maximum absolute atomic E-state index is 4.58. The van der Waals surface area contributed by atoms with Gasteiger partial charge in [-0.2, -0.15) is 0 Å². The zero-order valence-electron chi connectivity index (χ0n) is 8.60. The van der Waals surface area contributed by atoms with Crippen molar-refractivity contribution < 1.29 is 0 Å². The summed E-state index contributed by atoms with van der Waals surface area (Å²) in [5.41, 5.74) is 0.540. The first-order valence-corrected chi connectivity index (χ1v) is 5.92. The molecule has 0 N–H and O–H groups in total. The zero-order valence-corrected chi connectivity index (χ0v) is 8.60. The van der Waals surface area contributed by atoms with Gasteiger partial charge >= 0.3 is 0 Å². The Morgan fingerprint density at radius 1 is 0.769 bits per heavy atom. The van der Waals surface area contributed by atoms with Crippen LogP contribution in [0.1, 0.15) is 57.8 Å². The van der Waals surface area contributed by atoms with Crippen LogP contribution in [0, 0.1) is 5.41 Å². The fraction of sp³-hybridized carbons (Fsp3) is 0.917. The second-order valence-electron chi connectivity index (χ2n) is 4.77. The Labute approximate surface area is 81.6 Å². The lowest BCUT2D eigenvalue weighted by Gasteiger charge is -2.34. The van der Waals surface area contributed by atoms with Crippen LogP contribution in [-0.2, 0) is 0 Å². The molecule has 1 fully saturated rings. The minimum Gasteiger partial charge on any atom is -0.297 e. The van der Waals surface area contributed by atoms with Crippen molar-refractivity contribution in [3.05, 3.63) is 0 Å². The Balaban J connectivity index is 2.02. The molecule has 0 saturated heterocycles. The molecule has 0 aromatic carbocycles. The van der Waals surface area contributed by atoms with E-state index in [4.69, 9.17) is 0 Å². The summed E-state index contributed by atoms with van der Waals surface area (Å²) < 4.78 is 0. The van der Waals surface area contributed by atoms with Crippen molar-refractivity contribution in [3.8, 4) is 0 Å². The molecule has 1 heterocycles. The smallest absolute Gasteiger partial charge is 0.0385 e. The monoisotopic (exact) mass is 179 g/mol. The average Bonchev–Trinajstić information content (AvgIpc) is 2.14. The minimum absolute atomic E-state index is 0.540. The van der Waals surface area contributed by atoms with Gasteiger partial charge in [0.15, 0.2) is 0 Å². The molecule has 1 saturated carbocycles. The van der Waals surface area contributed by atoms with E-state index >= 15 is 0 Å². The molecule has 1 aliphatic heterocycles. The van der Waals surface area contributed by atoms with E-state index in [9.17, 15) is 0 Å². The van der Waals surface area contributed by atoms with Crippen LogP contribution in [0.4, 0.5) is 0 Å². The summed E-state index contributed by atoms with van der Waals surface area (Å²) in [4.78, 5) is 4.58. The summed E-state index contributed by atoms with van der Waals surface area (Å²) in [6.07, 6.45) is 15.0. The minimum atomic E-state index is 0.540. The second kappa shape index (κ2) is 4.26. The van der Waals surface area contributed by atoms with Gasteiger partial charge in [-0.1, -0.05) is 32.1 Å². The Hall–Kier alpha value is -0.330. The molecule has 1 nitrogen and oxygen atoms in total. The SMILES string of the molecule is C1=NCCCCCC12CCCCC2. The standard InChI is InChI=1S/C12H21N/c1-3-7-12(8-4-1)9-5-2-6-10-13-11-12/h11H,1-10H2. The highest BCUT2D eigenvalue weighted by atomic mass is 14.7. The summed E-state index contributed by atoms with van der Waals surface area (Å²) in [5.74, 6) is 0. The largest absolute Gasteiger partial charge is 0.297 e. The van der Waals surface area contributed by atoms with E-state index in [1.165, 1.54) is 57.8 Å². The van der Waals surface area contributed by atoms with Crippen molar-refractivity contribution in [1.29, 1.82) is 0 Å². The zero-order chi connectivity index (χ0) is 8.99. The lowest BCUT2D eigenvalue weighted by Crippen LogP contribution is -2.26. The Morgan fingerprint density at radius 2 is 1.38 bits per heavy atom. The van der Waals surface area contributed by atoms with Crippen LogP contribution < -0.4 is 0 Å². The second-order valence-corrected chi connectivity index (χ2v) is 4.77. The third-order valence-electron chi connectivity index (χ3n) is 3.68. The van der Waals surface area contributed by atoms with Crippen LogP contribution in [0.15, 0.2) is 4.99 Å². The molecule has 74 valence electrons. The fourth-order valence-corrected chi connectivity index (χ4v) is 2.81. The first-order valence-electron chi connectivity index (χ1n) is 5.92. The third kappa shape index (κ3) is 2.32. The Kier molecular flexibility index (Phi) is 3.02. The summed E-state index contributed by atoms with van der Waals surface area (Å²) in [7, 11) is 0. The van der Waals surface area contributed by atoms with E-state index < -0.39 is 0 Å². The first kappa shape index (κ1) is 9.23. The molecule has 1 heteroatoms. The van der Waals surface area contributed by atoms with E-state index in [2.05, 4.69) is 11.2 Å². The molecule has 0 aromatic rings. The molecular weight excluding hydrogens is 158 g/mol. The third-order valence-corrected chi connectivity index (χ3v) is 3.68. The molecular formula is C12H21N. The van der Waals surface area contributed by atoms with Gasteiger partial charge in [0.1, 0.15) is 0 Å². The molecule has 0 atom stereocenters. The number of aliphatic imine (C=N–C) groups is 1. The number of hydrogen-bond acceptors (Lipinski definition) is 1. The van der Waals surface area contributed by atoms with Gasteiger partial charge < -0.3 is 0 Å². The summed E-state index contributed by atoms with van der Waals surface area (Å²) in [5, 5.41) is 0. The Bertz CT molecular complexity index is 178. The van der Waals surface area contributed by atoms with Crippen LogP contribution in [0.25, 0.3) is 0 Å². The average molecular weight is 179 g/mol. The number of hydrogen-bond donors (Lipinski definition) is 0. The molecule has 0 unspecified atom stereocenters. The predicted molar refractivity (Wildman–Crippen MR) is 57.3 cm³/mol. The number of nitrogens with zero attached hydrogens (tertiary/aromatic N) is 1. The van der Waals surface area contributed by atoms with Gasteiger partial charge in [-0.25, -0.2) is 0 Å². The van der Waals surface area contributed by atoms with E-state index in [1.54, 1.807) is 0 Å². The predicted octanol–water partition coefficient (Wildman–Crippen LogP) is 3.58. The van der Waals surface area contributed by atoms with Crippen molar-refractivity contribution in [1.82, 2.24) is 0 Å². The van der Waals surface area contributed by atoms with E-state index in [0.29, 0.717) is 5.41 Å². The van der Waals surface area contributed by atoms with E-state index in [0.717, 1.165) is 6.54 Å². The van der Waals surface area contributed by atoms with Crippen LogP contribution >= 0.6 is 0 Å². The molecule has 2 rings (SSSR count). The van der Waals surface area contributed by atoms with Gasteiger partial charge in [-0.3, -0.25) is 4.99 Å². The van der Waals surface area contributed by atoms with Crippen molar-refractivity contribution in [2.75, 3.05) is 6.54 Å². The van der Waals surface area contributed by atoms with Crippen molar-refractivity contribution in [3.63, 3.8) is 0 Å². The highest BCUT2D eigenvalue weighted by Crippen LogP contribution is 2.39. The fourth-order valence-electron chi connectivity index (χ4n) is 2.81. The van der Waals surface area contributed by atoms with Crippen LogP contribution in [-0.4, -0.2) is 12.8 Å². The maximum atomic E-state index is 4.58. The van der Waals surface area contributed by atoms with Gasteiger partial charge in [-0.05, 0) is 25.7 Å². The molecule has 2 aliphatic rings. The summed E-state index contributed by atoms with van der Waals surface area (Å²) >= 11 is 0. The molecule has 0 amide bonds. The van der Waals surface area contributed by atoms with Gasteiger partial charge in [0.05, 0.1) is 0 Å². The first-order chi connectivity index (χ1) is 6.41. The highest BCUT2D eigenvalue weighted by Gasteiger charge is 2.29. The van der Waals surface area contributed by atoms with Crippen molar-refractivity contribution in [2.24, 2.45) is 10.4 Å². The molecule has 0 aromatic heterocycles. The molecule has 0 bridgehead atoms. The molecule has 1 spiro atoms. The highest BCUT2D eigenvalue weighted by molar-refractivity contribution is 5.66. The summed E-state index contributed by atoms with van der Waals surface area (Å²) in [6, 6.07) is 0. The van der Waals surface area contributed by atoms with Crippen molar-refractivity contribution in [2.45, 2.75) is 57.8 Å². The quantitative estimate of drug-likeness (QED) is 0.539. The van der Waals surface area contributed by atoms with Crippen LogP contribution in [0.3, 0.4) is 0 Å². The summed E-state index contributed by atoms with van der Waals surface area (Å²) in [6.45, 7) is 1.09. The molecule has 13 heavy (non-hydrogen) atoms. The van der Waals surface area contributed by atoms with E-state index in [-0.39, 0.29) is 0 Å². The van der Waals surface area contributed by atoms with Crippen LogP contribution in [0.2, 0.25) is 0 Å². The lowest BCUT2D eigenvalue weighted by molar-refractivity contribution is 0.260.